The van der Waals surface area contributed by atoms with Gasteiger partial charge in [-0.25, -0.2) is 0 Å². The van der Waals surface area contributed by atoms with Crippen LogP contribution in [0.1, 0.15) is 51.4 Å². The fraction of sp³-hybridized carbons (Fsp3) is 0.647. The Hall–Kier alpha value is -0.975. The lowest BCUT2D eigenvalue weighted by Crippen LogP contribution is -2.21. The van der Waals surface area contributed by atoms with Gasteiger partial charge in [0.2, 0.25) is 0 Å². The van der Waals surface area contributed by atoms with E-state index in [-0.39, 0.29) is 5.75 Å². The first-order chi connectivity index (χ1) is 12.5. The van der Waals surface area contributed by atoms with Gasteiger partial charge in [0, 0.05) is 14.0 Å². The smallest absolute Gasteiger partial charge is 0.418 e. The van der Waals surface area contributed by atoms with Crippen molar-refractivity contribution in [1.82, 2.24) is 0 Å². The van der Waals surface area contributed by atoms with Crippen molar-refractivity contribution >= 4 is 20.5 Å². The fourth-order valence-electron chi connectivity index (χ4n) is 4.15. The Morgan fingerprint density at radius 2 is 1.30 bits per heavy atom. The molecule has 1 aromatic carbocycles. The second-order valence-corrected chi connectivity index (χ2v) is 10.1. The predicted octanol–water partition coefficient (Wildman–Crippen LogP) is 6.61. The lowest BCUT2D eigenvalue weighted by molar-refractivity contribution is -0.274. The summed E-state index contributed by atoms with van der Waals surface area (Å²) in [6.07, 6.45) is 5.56. The number of alkyl halides is 3. The molecule has 1 nitrogen and oxygen atoms in total. The Balaban J connectivity index is 0.000000465. The lowest BCUT2D eigenvalue weighted by Gasteiger charge is -2.23. The van der Waals surface area contributed by atoms with Crippen LogP contribution in [0.25, 0.3) is 0 Å². The van der Waals surface area contributed by atoms with Crippen molar-refractivity contribution in [2.45, 2.75) is 69.0 Å². The van der Waals surface area contributed by atoms with Crippen LogP contribution >= 0.6 is 7.92 Å². The molecule has 2 fully saturated rings. The molecule has 2 saturated carbocycles. The summed E-state index contributed by atoms with van der Waals surface area (Å²) in [6.45, 7) is 0. The average molecular weight is 418 g/mol. The average Bonchev–Trinajstić information content (AvgIpc) is 3.18. The Kier molecular flexibility index (Phi) is 7.84. The highest BCUT2D eigenvalue weighted by Crippen LogP contribution is 2.56. The van der Waals surface area contributed by atoms with E-state index in [2.05, 4.69) is 4.74 Å². The zero-order chi connectivity index (χ0) is 20.1. The van der Waals surface area contributed by atoms with E-state index >= 15 is 0 Å². The van der Waals surface area contributed by atoms with Crippen LogP contribution in [0, 0.1) is 0 Å². The molecule has 10 heteroatoms. The van der Waals surface area contributed by atoms with E-state index in [9.17, 15) is 30.4 Å². The van der Waals surface area contributed by atoms with Crippen LogP contribution in [-0.2, 0) is 0 Å². The lowest BCUT2D eigenvalue weighted by atomic mass is 10.3. The monoisotopic (exact) mass is 418 g/mol. The van der Waals surface area contributed by atoms with Gasteiger partial charge in [-0.3, -0.25) is 0 Å². The number of hydrogen-bond acceptors (Lipinski definition) is 1. The van der Waals surface area contributed by atoms with Crippen LogP contribution in [-0.4, -0.2) is 24.9 Å². The molecule has 0 aliphatic heterocycles. The van der Waals surface area contributed by atoms with Gasteiger partial charge in [-0.05, 0) is 63.5 Å². The summed E-state index contributed by atoms with van der Waals surface area (Å²) < 4.78 is 80.5. The van der Waals surface area contributed by atoms with E-state index in [1.165, 1.54) is 57.4 Å². The van der Waals surface area contributed by atoms with Crippen molar-refractivity contribution in [3.05, 3.63) is 24.3 Å². The van der Waals surface area contributed by atoms with E-state index in [0.717, 1.165) is 16.6 Å². The Bertz CT molecular complexity index is 559. The number of rotatable bonds is 4. The van der Waals surface area contributed by atoms with Crippen molar-refractivity contribution in [3.8, 4) is 5.75 Å². The third-order valence-electron chi connectivity index (χ3n) is 4.99. The zero-order valence-corrected chi connectivity index (χ0v) is 15.8. The molecule has 0 N–H and O–H groups in total. The van der Waals surface area contributed by atoms with E-state index in [4.69, 9.17) is 0 Å². The molecule has 0 unspecified atom stereocenters. The van der Waals surface area contributed by atoms with Gasteiger partial charge in [-0.15, -0.1) is 13.2 Å². The van der Waals surface area contributed by atoms with Gasteiger partial charge in [0.05, 0.1) is 16.6 Å². The second kappa shape index (κ2) is 9.48. The maximum Gasteiger partial charge on any atom is 0.673 e. The van der Waals surface area contributed by atoms with Gasteiger partial charge in [0.1, 0.15) is 5.75 Å². The zero-order valence-electron chi connectivity index (χ0n) is 14.8. The summed E-state index contributed by atoms with van der Waals surface area (Å²) >= 11 is 0. The third kappa shape index (κ3) is 8.28. The van der Waals surface area contributed by atoms with Crippen molar-refractivity contribution in [2.24, 2.45) is 0 Å². The van der Waals surface area contributed by atoms with E-state index in [0.29, 0.717) is 0 Å². The highest BCUT2D eigenvalue weighted by molar-refractivity contribution is 7.67. The van der Waals surface area contributed by atoms with Gasteiger partial charge >= 0.3 is 13.6 Å². The first kappa shape index (κ1) is 22.3. The van der Waals surface area contributed by atoms with Gasteiger partial charge in [-0.2, -0.15) is 0 Å². The standard InChI is InChI=1S/C17H22F3OP.BF4/c18-17(19,20)21-13-6-5-11-16(12-13)22(14-7-1-2-8-14)15-9-3-4-10-15;2-1(3,4)5/h5-6,11-12,14-15H,1-4,7-10H2;/q;-1/p+1. The predicted molar refractivity (Wildman–Crippen MR) is 95.8 cm³/mol. The van der Waals surface area contributed by atoms with Crippen molar-refractivity contribution in [1.29, 1.82) is 0 Å². The molecule has 2 aliphatic carbocycles. The molecule has 3 rings (SSSR count). The summed E-state index contributed by atoms with van der Waals surface area (Å²) in [5.74, 6) is -0.0523. The second-order valence-electron chi connectivity index (χ2n) is 6.99. The maximum absolute atomic E-state index is 12.5. The third-order valence-corrected chi connectivity index (χ3v) is 8.88. The van der Waals surface area contributed by atoms with Crippen LogP contribution < -0.4 is 10.0 Å². The summed E-state index contributed by atoms with van der Waals surface area (Å²) in [6, 6.07) is 6.84. The fourth-order valence-corrected chi connectivity index (χ4v) is 8.42. The topological polar surface area (TPSA) is 9.23 Å². The minimum absolute atomic E-state index is 0.0523. The van der Waals surface area contributed by atoms with E-state index in [1.54, 1.807) is 12.1 Å². The molecule has 0 spiro atoms. The Morgan fingerprint density at radius 1 is 0.852 bits per heavy atom. The van der Waals surface area contributed by atoms with Gasteiger partial charge in [0.15, 0.2) is 0 Å². The van der Waals surface area contributed by atoms with Crippen LogP contribution in [0.2, 0.25) is 0 Å². The highest BCUT2D eigenvalue weighted by Gasteiger charge is 2.41. The summed E-state index contributed by atoms with van der Waals surface area (Å²) in [4.78, 5) is 0. The summed E-state index contributed by atoms with van der Waals surface area (Å²) in [5, 5.41) is 1.14. The Morgan fingerprint density at radius 3 is 1.70 bits per heavy atom. The van der Waals surface area contributed by atoms with Crippen LogP contribution in [0.4, 0.5) is 30.4 Å². The normalized spacial score (nSPS) is 19.3. The molecule has 0 atom stereocenters. The first-order valence-electron chi connectivity index (χ1n) is 9.13. The van der Waals surface area contributed by atoms with Gasteiger partial charge < -0.3 is 22.0 Å². The maximum atomic E-state index is 12.5. The molecule has 0 saturated heterocycles. The number of benzene rings is 1. The molecule has 0 amide bonds. The molecule has 2 aliphatic rings. The van der Waals surface area contributed by atoms with Gasteiger partial charge in [0.25, 0.3) is 0 Å². The molecular formula is C17H23BF7OP. The quantitative estimate of drug-likeness (QED) is 0.304. The summed E-state index contributed by atoms with van der Waals surface area (Å²) in [7, 11) is -6.80. The SMILES string of the molecule is FC(F)(F)Oc1cccc([PH+](C2CCCC2)C2CCCC2)c1.F[B-](F)(F)F. The molecule has 1 aromatic rings. The number of halogens is 7. The summed E-state index contributed by atoms with van der Waals surface area (Å²) in [5.41, 5.74) is 1.46. The minimum Gasteiger partial charge on any atom is -0.418 e. The molecule has 0 bridgehead atoms. The molecule has 0 radical (unpaired) electrons. The number of hydrogen-bond donors (Lipinski definition) is 0. The number of ether oxygens (including phenoxy) is 1. The minimum atomic E-state index is -6.00. The largest absolute Gasteiger partial charge is 0.673 e. The molecular weight excluding hydrogens is 395 g/mol. The molecule has 0 aromatic heterocycles. The van der Waals surface area contributed by atoms with Crippen LogP contribution in [0.5, 0.6) is 5.75 Å². The Labute approximate surface area is 155 Å². The van der Waals surface area contributed by atoms with Crippen molar-refractivity contribution in [2.75, 3.05) is 0 Å². The molecule has 154 valence electrons. The van der Waals surface area contributed by atoms with Crippen LogP contribution in [0.3, 0.4) is 0 Å². The first-order valence-corrected chi connectivity index (χ1v) is 10.8. The highest BCUT2D eigenvalue weighted by atomic mass is 31.1. The molecule has 27 heavy (non-hydrogen) atoms. The van der Waals surface area contributed by atoms with Gasteiger partial charge in [-0.1, -0.05) is 6.07 Å². The van der Waals surface area contributed by atoms with E-state index in [1.807, 2.05) is 6.07 Å². The van der Waals surface area contributed by atoms with Crippen molar-refractivity contribution < 1.29 is 35.2 Å². The van der Waals surface area contributed by atoms with E-state index < -0.39 is 21.5 Å². The van der Waals surface area contributed by atoms with Crippen molar-refractivity contribution in [3.63, 3.8) is 0 Å². The van der Waals surface area contributed by atoms with Crippen LogP contribution in [0.15, 0.2) is 24.3 Å². The molecule has 0 heterocycles.